The Balaban J connectivity index is 4.33. The highest BCUT2D eigenvalue weighted by Gasteiger charge is 2.22. The summed E-state index contributed by atoms with van der Waals surface area (Å²) < 4.78 is 22.6. The Morgan fingerprint density at radius 3 is 1.23 bits per heavy atom. The van der Waals surface area contributed by atoms with E-state index in [1.807, 2.05) is 21.1 Å². The summed E-state index contributed by atoms with van der Waals surface area (Å²) in [5.74, 6) is -2.27. The molecule has 0 heterocycles. The number of hydrogen-bond donors (Lipinski definition) is 0. The van der Waals surface area contributed by atoms with Gasteiger partial charge in [0.05, 0.1) is 40.3 Å². The second-order valence-corrected chi connectivity index (χ2v) is 18.5. The second kappa shape index (κ2) is 43.7. The Bertz CT molecular complexity index is 996. The highest BCUT2D eigenvalue weighted by atomic mass is 16.7. The zero-order valence-corrected chi connectivity index (χ0v) is 40.1. The van der Waals surface area contributed by atoms with Gasteiger partial charge >= 0.3 is 11.9 Å². The fourth-order valence-electron chi connectivity index (χ4n) is 7.30. The van der Waals surface area contributed by atoms with Gasteiger partial charge in [0.15, 0.2) is 12.4 Å². The number of aliphatic carboxylic acids is 1. The van der Waals surface area contributed by atoms with E-state index in [-0.39, 0.29) is 32.2 Å². The van der Waals surface area contributed by atoms with Gasteiger partial charge < -0.3 is 33.3 Å². The Kier molecular flexibility index (Phi) is 42.2. The number of ether oxygens (including phenoxy) is 4. The van der Waals surface area contributed by atoms with Crippen molar-refractivity contribution in [1.29, 1.82) is 0 Å². The number of nitrogens with zero attached hydrogens (tertiary/aromatic N) is 1. The molecular weight excluding hydrogens is 755 g/mol. The second-order valence-electron chi connectivity index (χ2n) is 18.5. The highest BCUT2D eigenvalue weighted by molar-refractivity contribution is 5.70. The summed E-state index contributed by atoms with van der Waals surface area (Å²) in [6, 6.07) is 0. The fourth-order valence-corrected chi connectivity index (χ4v) is 7.30. The molecule has 0 fully saturated rings. The van der Waals surface area contributed by atoms with E-state index in [4.69, 9.17) is 18.9 Å². The molecule has 60 heavy (non-hydrogen) atoms. The Morgan fingerprint density at radius 2 is 0.850 bits per heavy atom. The predicted molar refractivity (Wildman–Crippen MR) is 247 cm³/mol. The first-order chi connectivity index (χ1) is 29.1. The molecule has 0 saturated heterocycles. The summed E-state index contributed by atoms with van der Waals surface area (Å²) in [6.07, 6.45) is 43.8. The number of unbranched alkanes of at least 4 members (excludes halogenated alkanes) is 30. The maximum atomic E-state index is 12.8. The number of allylic oxidation sites excluding steroid dienone is 2. The molecule has 0 amide bonds. The topological polar surface area (TPSA) is 111 Å². The fraction of sp³-hybridized carbons (Fsp3) is 0.902. The van der Waals surface area contributed by atoms with E-state index in [1.165, 1.54) is 161 Å². The van der Waals surface area contributed by atoms with Crippen molar-refractivity contribution in [2.75, 3.05) is 47.5 Å². The van der Waals surface area contributed by atoms with Crippen LogP contribution in [0.25, 0.3) is 0 Å². The van der Waals surface area contributed by atoms with Crippen LogP contribution in [0.15, 0.2) is 12.2 Å². The average molecular weight is 852 g/mol. The van der Waals surface area contributed by atoms with Gasteiger partial charge in [-0.25, -0.2) is 0 Å². The average Bonchev–Trinajstić information content (AvgIpc) is 3.21. The molecule has 0 aromatic rings. The number of carbonyl (C=O) groups excluding carboxylic acids is 3. The molecule has 9 nitrogen and oxygen atoms in total. The van der Waals surface area contributed by atoms with Crippen molar-refractivity contribution in [2.24, 2.45) is 0 Å². The molecule has 0 spiro atoms. The first kappa shape index (κ1) is 58.0. The lowest BCUT2D eigenvalue weighted by Crippen LogP contribution is -2.44. The quantitative estimate of drug-likeness (QED) is 0.0196. The van der Waals surface area contributed by atoms with E-state index >= 15 is 0 Å². The van der Waals surface area contributed by atoms with Gasteiger partial charge in [0.1, 0.15) is 13.2 Å². The number of quaternary nitrogens is 1. The van der Waals surface area contributed by atoms with E-state index in [9.17, 15) is 19.5 Å². The van der Waals surface area contributed by atoms with Crippen LogP contribution in [0.1, 0.15) is 239 Å². The van der Waals surface area contributed by atoms with Crippen LogP contribution in [0, 0.1) is 0 Å². The summed E-state index contributed by atoms with van der Waals surface area (Å²) in [5.41, 5.74) is 0. The van der Waals surface area contributed by atoms with Gasteiger partial charge in [-0.3, -0.25) is 9.59 Å². The SMILES string of the molecule is CCCCCCCC/C=C\CCCCCCCCCC(=O)OC(COC(=O)CCCCCCCCCCCCCCCCCCCC)COC(OCC[N+](C)(C)C)C(=O)[O-]. The normalized spacial score (nSPS) is 12.9. The number of likely N-dealkylation sites (N-methyl/N-ethyl adjacent to an activating group) is 1. The Morgan fingerprint density at radius 1 is 0.483 bits per heavy atom. The van der Waals surface area contributed by atoms with Crippen LogP contribution < -0.4 is 5.11 Å². The van der Waals surface area contributed by atoms with Crippen molar-refractivity contribution >= 4 is 17.9 Å². The monoisotopic (exact) mass is 852 g/mol. The lowest BCUT2D eigenvalue weighted by atomic mass is 10.0. The third-order valence-electron chi connectivity index (χ3n) is 11.3. The number of carboxylic acids is 1. The van der Waals surface area contributed by atoms with Gasteiger partial charge in [0.2, 0.25) is 0 Å². The molecule has 9 heteroatoms. The first-order valence-electron chi connectivity index (χ1n) is 25.3. The maximum Gasteiger partial charge on any atom is 0.306 e. The van der Waals surface area contributed by atoms with Crippen LogP contribution in [-0.4, -0.2) is 82.3 Å². The minimum Gasteiger partial charge on any atom is -0.545 e. The van der Waals surface area contributed by atoms with E-state index in [0.717, 1.165) is 44.9 Å². The van der Waals surface area contributed by atoms with E-state index in [2.05, 4.69) is 26.0 Å². The van der Waals surface area contributed by atoms with E-state index < -0.39 is 24.3 Å². The summed E-state index contributed by atoms with van der Waals surface area (Å²) in [5, 5.41) is 11.7. The zero-order chi connectivity index (χ0) is 44.2. The molecule has 0 radical (unpaired) electrons. The minimum absolute atomic E-state index is 0.150. The number of carboxylic acid groups (broad SMARTS) is 1. The minimum atomic E-state index is -1.62. The molecule has 354 valence electrons. The number of hydrogen-bond acceptors (Lipinski definition) is 8. The largest absolute Gasteiger partial charge is 0.545 e. The van der Waals surface area contributed by atoms with Crippen molar-refractivity contribution in [2.45, 2.75) is 251 Å². The number of esters is 2. The molecule has 0 aliphatic rings. The molecule has 0 aromatic heterocycles. The Hall–Kier alpha value is -1.97. The molecule has 2 atom stereocenters. The summed E-state index contributed by atoms with van der Waals surface area (Å²) in [4.78, 5) is 37.1. The summed E-state index contributed by atoms with van der Waals surface area (Å²) in [7, 11) is 5.92. The van der Waals surface area contributed by atoms with Crippen molar-refractivity contribution in [3.05, 3.63) is 12.2 Å². The molecular formula is C51H97NO8. The smallest absolute Gasteiger partial charge is 0.306 e. The van der Waals surface area contributed by atoms with Gasteiger partial charge in [-0.1, -0.05) is 199 Å². The van der Waals surface area contributed by atoms with Crippen LogP contribution >= 0.6 is 0 Å². The predicted octanol–water partition coefficient (Wildman–Crippen LogP) is 12.5. The van der Waals surface area contributed by atoms with Crippen molar-refractivity contribution in [3.8, 4) is 0 Å². The molecule has 0 aromatic carbocycles. The molecule has 0 N–H and O–H groups in total. The lowest BCUT2D eigenvalue weighted by Gasteiger charge is -2.26. The molecule has 0 rings (SSSR count). The van der Waals surface area contributed by atoms with Gasteiger partial charge in [0.25, 0.3) is 0 Å². The molecule has 0 aliphatic carbocycles. The van der Waals surface area contributed by atoms with E-state index in [1.54, 1.807) is 0 Å². The lowest BCUT2D eigenvalue weighted by molar-refractivity contribution is -0.870. The molecule has 2 unspecified atom stereocenters. The van der Waals surface area contributed by atoms with E-state index in [0.29, 0.717) is 23.9 Å². The van der Waals surface area contributed by atoms with Crippen LogP contribution in [0.4, 0.5) is 0 Å². The van der Waals surface area contributed by atoms with Gasteiger partial charge in [-0.05, 0) is 38.5 Å². The molecule has 0 saturated carbocycles. The van der Waals surface area contributed by atoms with Crippen molar-refractivity contribution in [3.63, 3.8) is 0 Å². The summed E-state index contributed by atoms with van der Waals surface area (Å²) in [6.45, 7) is 4.77. The van der Waals surface area contributed by atoms with Crippen LogP contribution in [0.2, 0.25) is 0 Å². The van der Waals surface area contributed by atoms with Crippen LogP contribution in [0.5, 0.6) is 0 Å². The molecule has 0 bridgehead atoms. The number of rotatable bonds is 47. The maximum absolute atomic E-state index is 12.8. The highest BCUT2D eigenvalue weighted by Crippen LogP contribution is 2.16. The van der Waals surface area contributed by atoms with Gasteiger partial charge in [-0.2, -0.15) is 0 Å². The third-order valence-corrected chi connectivity index (χ3v) is 11.3. The van der Waals surface area contributed by atoms with Gasteiger partial charge in [-0.15, -0.1) is 0 Å². The van der Waals surface area contributed by atoms with Gasteiger partial charge in [0, 0.05) is 12.8 Å². The third kappa shape index (κ3) is 44.1. The number of carbonyl (C=O) groups is 3. The standard InChI is InChI=1S/C51H97NO8/c1-6-8-10-12-14-16-18-20-22-24-26-27-29-31-33-35-37-39-41-48(53)58-45-47(46-59-51(50(55)56)57-44-43-52(3,4)5)60-49(54)42-40-38-36-34-32-30-28-25-23-21-19-17-15-13-11-9-7-2/h21,23,47,51H,6-20,22,24-46H2,1-5H3/b23-21-. The Labute approximate surface area is 370 Å². The first-order valence-corrected chi connectivity index (χ1v) is 25.3. The van der Waals surface area contributed by atoms with Crippen molar-refractivity contribution in [1.82, 2.24) is 0 Å². The summed E-state index contributed by atoms with van der Waals surface area (Å²) >= 11 is 0. The molecule has 0 aliphatic heterocycles. The zero-order valence-electron chi connectivity index (χ0n) is 40.1. The van der Waals surface area contributed by atoms with Crippen LogP contribution in [0.3, 0.4) is 0 Å². The van der Waals surface area contributed by atoms with Crippen molar-refractivity contribution < 1.29 is 42.9 Å². The van der Waals surface area contributed by atoms with Crippen LogP contribution in [-0.2, 0) is 33.3 Å².